The molecule has 214 valence electrons. The molecule has 0 heterocycles. The molecular weight excluding hydrogens is 599 g/mol. The van der Waals surface area contributed by atoms with Crippen molar-refractivity contribution in [3.05, 3.63) is 35.9 Å². The van der Waals surface area contributed by atoms with E-state index in [0.29, 0.717) is 12.1 Å². The smallest absolute Gasteiger partial charge is 0.426 e. The third-order valence-electron chi connectivity index (χ3n) is 4.01. The molecule has 0 spiro atoms. The van der Waals surface area contributed by atoms with Crippen LogP contribution >= 0.6 is 0 Å². The van der Waals surface area contributed by atoms with E-state index in [1.54, 1.807) is 0 Å². The van der Waals surface area contributed by atoms with Gasteiger partial charge in [0, 0.05) is 0 Å². The molecule has 0 saturated carbocycles. The fourth-order valence-corrected chi connectivity index (χ4v) is 2.67. The SMILES string of the molecule is O=S(=O)(O)c1ccccc1OC(F)(F)C(F)(F)C(F)(F)C(F)(F)/C(F)=C(\F)C(F)(F)C(F)(F)C(F)(F)F. The Bertz CT molecular complexity index is 1150. The van der Waals surface area contributed by atoms with Gasteiger partial charge in [0.15, 0.2) is 0 Å². The van der Waals surface area contributed by atoms with Crippen LogP contribution in [-0.2, 0) is 10.1 Å². The van der Waals surface area contributed by atoms with E-state index in [1.807, 2.05) is 0 Å². The van der Waals surface area contributed by atoms with E-state index in [4.69, 9.17) is 4.55 Å². The summed E-state index contributed by atoms with van der Waals surface area (Å²) >= 11 is 0. The Hall–Kier alpha value is -2.52. The molecule has 1 N–H and O–H groups in total. The highest BCUT2D eigenvalue weighted by Gasteiger charge is 2.85. The monoisotopic (exact) mass is 604 g/mol. The summed E-state index contributed by atoms with van der Waals surface area (Å²) in [6, 6.07) is 1.07. The van der Waals surface area contributed by atoms with E-state index >= 15 is 0 Å². The number of rotatable bonds is 9. The fourth-order valence-electron chi connectivity index (χ4n) is 2.06. The largest absolute Gasteiger partial charge is 0.471 e. The Kier molecular flexibility index (Phi) is 7.95. The highest BCUT2D eigenvalue weighted by Crippen LogP contribution is 2.58. The summed E-state index contributed by atoms with van der Waals surface area (Å²) in [4.78, 5) is -1.88. The Morgan fingerprint density at radius 2 is 1.03 bits per heavy atom. The average molecular weight is 604 g/mol. The van der Waals surface area contributed by atoms with E-state index in [0.717, 1.165) is 0 Å². The Balaban J connectivity index is 3.69. The first kappa shape index (κ1) is 32.5. The Labute approximate surface area is 192 Å². The number of benzene rings is 1. The number of alkyl halides is 15. The molecule has 0 amide bonds. The Morgan fingerprint density at radius 1 is 0.649 bits per heavy atom. The maximum Gasteiger partial charge on any atom is 0.471 e. The molecule has 0 aliphatic carbocycles. The number of halogens is 17. The summed E-state index contributed by atoms with van der Waals surface area (Å²) in [6.07, 6.45) is -14.7. The quantitative estimate of drug-likeness (QED) is 0.249. The van der Waals surface area contributed by atoms with E-state index < -0.39 is 74.3 Å². The summed E-state index contributed by atoms with van der Waals surface area (Å²) in [5.41, 5.74) is 0. The molecule has 0 fully saturated rings. The van der Waals surface area contributed by atoms with Crippen LogP contribution in [-0.4, -0.2) is 54.9 Å². The molecular formula is C15H5F17O4S. The van der Waals surface area contributed by atoms with Gasteiger partial charge in [-0.1, -0.05) is 12.1 Å². The summed E-state index contributed by atoms with van der Waals surface area (Å²) in [7, 11) is -5.68. The van der Waals surface area contributed by atoms with Crippen molar-refractivity contribution >= 4 is 10.1 Å². The van der Waals surface area contributed by atoms with Crippen LogP contribution in [0.25, 0.3) is 0 Å². The molecule has 0 aromatic heterocycles. The van der Waals surface area contributed by atoms with Crippen molar-refractivity contribution in [1.29, 1.82) is 0 Å². The lowest BCUT2D eigenvalue weighted by Crippen LogP contribution is -2.64. The van der Waals surface area contributed by atoms with Gasteiger partial charge in [-0.05, 0) is 12.1 Å². The second kappa shape index (κ2) is 9.05. The molecule has 0 radical (unpaired) electrons. The molecule has 1 rings (SSSR count). The predicted molar refractivity (Wildman–Crippen MR) is 81.9 cm³/mol. The van der Waals surface area contributed by atoms with Crippen LogP contribution in [0, 0.1) is 0 Å². The van der Waals surface area contributed by atoms with Crippen LogP contribution in [0.2, 0.25) is 0 Å². The predicted octanol–water partition coefficient (Wildman–Crippen LogP) is 6.79. The summed E-state index contributed by atoms with van der Waals surface area (Å²) < 4.78 is 258. The first-order valence-corrected chi connectivity index (χ1v) is 9.61. The van der Waals surface area contributed by atoms with Crippen LogP contribution in [0.15, 0.2) is 40.8 Å². The minimum absolute atomic E-state index is 0.0662. The lowest BCUT2D eigenvalue weighted by atomic mass is 9.99. The molecule has 0 atom stereocenters. The number of hydrogen-bond acceptors (Lipinski definition) is 3. The van der Waals surface area contributed by atoms with Crippen molar-refractivity contribution in [1.82, 2.24) is 0 Å². The first-order chi connectivity index (χ1) is 16.0. The lowest BCUT2D eigenvalue weighted by molar-refractivity contribution is -0.405. The minimum atomic E-state index is -8.18. The van der Waals surface area contributed by atoms with Gasteiger partial charge in [-0.3, -0.25) is 4.55 Å². The molecule has 0 unspecified atom stereocenters. The van der Waals surface area contributed by atoms with E-state index in [9.17, 15) is 83.1 Å². The molecule has 22 heteroatoms. The van der Waals surface area contributed by atoms with Gasteiger partial charge in [-0.2, -0.15) is 74.3 Å². The zero-order valence-corrected chi connectivity index (χ0v) is 17.1. The van der Waals surface area contributed by atoms with Gasteiger partial charge in [0.1, 0.15) is 10.6 Å². The molecule has 0 saturated heterocycles. The van der Waals surface area contributed by atoms with Crippen molar-refractivity contribution in [2.24, 2.45) is 0 Å². The molecule has 37 heavy (non-hydrogen) atoms. The maximum absolute atomic E-state index is 13.8. The molecule has 1 aromatic carbocycles. The van der Waals surface area contributed by atoms with Crippen molar-refractivity contribution in [2.45, 2.75) is 46.8 Å². The summed E-state index contributed by atoms with van der Waals surface area (Å²) in [5, 5.41) is 0. The normalized spacial score (nSPS) is 15.9. The molecule has 0 aliphatic rings. The van der Waals surface area contributed by atoms with E-state index in [-0.39, 0.29) is 12.1 Å². The number of para-hydroxylation sites is 1. The van der Waals surface area contributed by atoms with Crippen LogP contribution in [0.4, 0.5) is 74.6 Å². The summed E-state index contributed by atoms with van der Waals surface area (Å²) in [5.74, 6) is -52.7. The highest BCUT2D eigenvalue weighted by atomic mass is 32.2. The molecule has 0 aliphatic heterocycles. The second-order valence-electron chi connectivity index (χ2n) is 6.54. The van der Waals surface area contributed by atoms with E-state index in [2.05, 4.69) is 4.74 Å². The van der Waals surface area contributed by atoms with Crippen LogP contribution in [0.3, 0.4) is 0 Å². The highest BCUT2D eigenvalue weighted by molar-refractivity contribution is 7.86. The van der Waals surface area contributed by atoms with Gasteiger partial charge in [-0.15, -0.1) is 0 Å². The zero-order valence-electron chi connectivity index (χ0n) is 16.3. The van der Waals surface area contributed by atoms with Crippen LogP contribution < -0.4 is 4.74 Å². The van der Waals surface area contributed by atoms with Gasteiger partial charge in [-0.25, -0.2) is 8.78 Å². The third-order valence-corrected chi connectivity index (χ3v) is 4.91. The number of allylic oxidation sites excluding steroid dienone is 2. The fraction of sp³-hybridized carbons (Fsp3) is 0.467. The lowest BCUT2D eigenvalue weighted by Gasteiger charge is -2.36. The minimum Gasteiger partial charge on any atom is -0.426 e. The molecule has 4 nitrogen and oxygen atoms in total. The van der Waals surface area contributed by atoms with Crippen LogP contribution in [0.1, 0.15) is 0 Å². The standard InChI is InChI=1S/C15H5F17O4S/c16-7(8(17)10(20,21)12(24,25)14(28,29)30)9(18,19)11(22,23)13(26,27)15(31,32)36-5-3-1-2-4-6(5)37(33,34)35/h1-4H,(H,33,34,35)/b8-7+. The number of ether oxygens (including phenoxy) is 1. The number of hydrogen-bond donors (Lipinski definition) is 1. The van der Waals surface area contributed by atoms with Crippen molar-refractivity contribution < 1.29 is 92.3 Å². The topological polar surface area (TPSA) is 63.6 Å². The Morgan fingerprint density at radius 3 is 1.41 bits per heavy atom. The summed E-state index contributed by atoms with van der Waals surface area (Å²) in [6.45, 7) is 0. The van der Waals surface area contributed by atoms with Crippen LogP contribution in [0.5, 0.6) is 5.75 Å². The third kappa shape index (κ3) is 5.12. The molecule has 0 bridgehead atoms. The molecule has 1 aromatic rings. The second-order valence-corrected chi connectivity index (χ2v) is 7.93. The van der Waals surface area contributed by atoms with Gasteiger partial charge in [0.2, 0.25) is 11.7 Å². The van der Waals surface area contributed by atoms with Crippen molar-refractivity contribution in [2.75, 3.05) is 0 Å². The van der Waals surface area contributed by atoms with Gasteiger partial charge >= 0.3 is 41.9 Å². The maximum atomic E-state index is 13.8. The first-order valence-electron chi connectivity index (χ1n) is 8.17. The van der Waals surface area contributed by atoms with Gasteiger partial charge in [0.25, 0.3) is 10.1 Å². The van der Waals surface area contributed by atoms with Gasteiger partial charge in [0.05, 0.1) is 0 Å². The van der Waals surface area contributed by atoms with E-state index in [1.165, 1.54) is 0 Å². The van der Waals surface area contributed by atoms with Crippen molar-refractivity contribution in [3.63, 3.8) is 0 Å². The zero-order chi connectivity index (χ0) is 29.8. The van der Waals surface area contributed by atoms with Crippen molar-refractivity contribution in [3.8, 4) is 5.75 Å². The average Bonchev–Trinajstić information content (AvgIpc) is 2.70. The van der Waals surface area contributed by atoms with Gasteiger partial charge < -0.3 is 4.74 Å².